The third-order valence-electron chi connectivity index (χ3n) is 2.40. The van der Waals surface area contributed by atoms with Gasteiger partial charge in [0.25, 0.3) is 10.0 Å². The molecule has 102 valence electrons. The van der Waals surface area contributed by atoms with Crippen LogP contribution in [0.15, 0.2) is 35.6 Å². The van der Waals surface area contributed by atoms with Gasteiger partial charge in [0.2, 0.25) is 0 Å². The molecular formula is C11H13ClN4O2S. The summed E-state index contributed by atoms with van der Waals surface area (Å²) in [6.45, 7) is 3.90. The number of hydrogen-bond acceptors (Lipinski definition) is 4. The summed E-state index contributed by atoms with van der Waals surface area (Å²) in [6.07, 6.45) is 4.49. The molecule has 2 aromatic rings. The number of nitrogens with one attached hydrogen (secondary N) is 1. The van der Waals surface area contributed by atoms with Crippen molar-refractivity contribution in [2.24, 2.45) is 0 Å². The number of nitrogens with zero attached hydrogens (tertiary/aromatic N) is 3. The number of rotatable bonds is 4. The van der Waals surface area contributed by atoms with Gasteiger partial charge in [-0.05, 0) is 26.0 Å². The molecule has 2 rings (SSSR count). The van der Waals surface area contributed by atoms with Gasteiger partial charge in [0.15, 0.2) is 0 Å². The molecule has 0 atom stereocenters. The first-order chi connectivity index (χ1) is 8.90. The zero-order valence-corrected chi connectivity index (χ0v) is 12.0. The van der Waals surface area contributed by atoms with Gasteiger partial charge in [-0.3, -0.25) is 9.40 Å². The van der Waals surface area contributed by atoms with Crippen LogP contribution in [0.25, 0.3) is 0 Å². The lowest BCUT2D eigenvalue weighted by Crippen LogP contribution is -2.13. The molecule has 2 aromatic heterocycles. The first-order valence-corrected chi connectivity index (χ1v) is 7.44. The van der Waals surface area contributed by atoms with E-state index < -0.39 is 10.0 Å². The second-order valence-corrected chi connectivity index (χ2v) is 6.21. The van der Waals surface area contributed by atoms with Gasteiger partial charge in [-0.1, -0.05) is 11.6 Å². The first kappa shape index (κ1) is 13.8. The van der Waals surface area contributed by atoms with E-state index in [4.69, 9.17) is 11.6 Å². The quantitative estimate of drug-likeness (QED) is 0.879. The molecular weight excluding hydrogens is 288 g/mol. The van der Waals surface area contributed by atoms with E-state index in [-0.39, 0.29) is 16.1 Å². The second-order valence-electron chi connectivity index (χ2n) is 4.20. The minimum absolute atomic E-state index is 0.0611. The van der Waals surface area contributed by atoms with Gasteiger partial charge in [0.05, 0.1) is 11.9 Å². The molecule has 8 heteroatoms. The van der Waals surface area contributed by atoms with Crippen LogP contribution < -0.4 is 4.72 Å². The number of hydrogen-bond donors (Lipinski definition) is 1. The summed E-state index contributed by atoms with van der Waals surface area (Å²) >= 11 is 5.78. The summed E-state index contributed by atoms with van der Waals surface area (Å²) in [4.78, 5) is 3.68. The molecule has 2 heterocycles. The number of sulfonamides is 1. The predicted octanol–water partition coefficient (Wildman–Crippen LogP) is 2.31. The van der Waals surface area contributed by atoms with E-state index in [0.717, 1.165) is 0 Å². The normalized spacial score (nSPS) is 11.8. The van der Waals surface area contributed by atoms with Crippen molar-refractivity contribution in [1.82, 2.24) is 14.8 Å². The SMILES string of the molecule is CC(C)n1cc(NS(=O)(=O)c2cccnc2Cl)cn1. The van der Waals surface area contributed by atoms with Gasteiger partial charge < -0.3 is 0 Å². The van der Waals surface area contributed by atoms with Crippen LogP contribution in [0.3, 0.4) is 0 Å². The van der Waals surface area contributed by atoms with Gasteiger partial charge in [-0.15, -0.1) is 0 Å². The maximum absolute atomic E-state index is 12.1. The summed E-state index contributed by atoms with van der Waals surface area (Å²) in [6, 6.07) is 3.06. The van der Waals surface area contributed by atoms with Crippen molar-refractivity contribution in [3.63, 3.8) is 0 Å². The van der Waals surface area contributed by atoms with E-state index in [2.05, 4.69) is 14.8 Å². The lowest BCUT2D eigenvalue weighted by Gasteiger charge is -2.07. The van der Waals surface area contributed by atoms with Crippen LogP contribution in [-0.4, -0.2) is 23.2 Å². The molecule has 0 radical (unpaired) electrons. The molecule has 0 aliphatic rings. The monoisotopic (exact) mass is 300 g/mol. The average Bonchev–Trinajstić information content (AvgIpc) is 2.77. The highest BCUT2D eigenvalue weighted by Gasteiger charge is 2.19. The highest BCUT2D eigenvalue weighted by atomic mass is 35.5. The molecule has 0 aromatic carbocycles. The van der Waals surface area contributed by atoms with Crippen LogP contribution in [0.5, 0.6) is 0 Å². The molecule has 0 saturated carbocycles. The van der Waals surface area contributed by atoms with Crippen LogP contribution in [0.1, 0.15) is 19.9 Å². The summed E-state index contributed by atoms with van der Waals surface area (Å²) < 4.78 is 28.3. The Labute approximate surface area is 116 Å². The summed E-state index contributed by atoms with van der Waals surface area (Å²) in [5.41, 5.74) is 0.383. The van der Waals surface area contributed by atoms with E-state index >= 15 is 0 Å². The van der Waals surface area contributed by atoms with E-state index in [1.54, 1.807) is 10.9 Å². The topological polar surface area (TPSA) is 76.9 Å². The molecule has 6 nitrogen and oxygen atoms in total. The van der Waals surface area contributed by atoms with Crippen LogP contribution in [0, 0.1) is 0 Å². The molecule has 0 aliphatic heterocycles. The Morgan fingerprint density at radius 2 is 2.16 bits per heavy atom. The Morgan fingerprint density at radius 1 is 1.42 bits per heavy atom. The average molecular weight is 301 g/mol. The van der Waals surface area contributed by atoms with Crippen molar-refractivity contribution in [1.29, 1.82) is 0 Å². The Hall–Kier alpha value is -1.60. The number of pyridine rings is 1. The van der Waals surface area contributed by atoms with Crippen LogP contribution >= 0.6 is 11.6 Å². The van der Waals surface area contributed by atoms with Crippen LogP contribution in [0.4, 0.5) is 5.69 Å². The summed E-state index contributed by atoms with van der Waals surface area (Å²) in [7, 11) is -3.75. The third-order valence-corrected chi connectivity index (χ3v) is 4.22. The highest BCUT2D eigenvalue weighted by Crippen LogP contribution is 2.21. The number of halogens is 1. The lowest BCUT2D eigenvalue weighted by atomic mass is 10.4. The molecule has 0 saturated heterocycles. The van der Waals surface area contributed by atoms with Crippen molar-refractivity contribution >= 4 is 27.3 Å². The van der Waals surface area contributed by atoms with Gasteiger partial charge in [-0.2, -0.15) is 5.10 Å². The van der Waals surface area contributed by atoms with Gasteiger partial charge in [0.1, 0.15) is 10.0 Å². The fourth-order valence-corrected chi connectivity index (χ4v) is 2.94. The van der Waals surface area contributed by atoms with Crippen molar-refractivity contribution in [2.75, 3.05) is 4.72 Å². The molecule has 0 spiro atoms. The molecule has 0 bridgehead atoms. The fraction of sp³-hybridized carbons (Fsp3) is 0.273. The number of aromatic nitrogens is 3. The third kappa shape index (κ3) is 3.05. The summed E-state index contributed by atoms with van der Waals surface area (Å²) in [5.74, 6) is 0. The highest BCUT2D eigenvalue weighted by molar-refractivity contribution is 7.92. The van der Waals surface area contributed by atoms with E-state index in [1.165, 1.54) is 24.5 Å². The molecule has 0 aliphatic carbocycles. The van der Waals surface area contributed by atoms with Gasteiger partial charge in [0, 0.05) is 18.4 Å². The van der Waals surface area contributed by atoms with Crippen molar-refractivity contribution in [3.05, 3.63) is 35.9 Å². The van der Waals surface area contributed by atoms with Crippen molar-refractivity contribution in [3.8, 4) is 0 Å². The molecule has 0 unspecified atom stereocenters. The van der Waals surface area contributed by atoms with Crippen LogP contribution in [-0.2, 0) is 10.0 Å². The molecule has 1 N–H and O–H groups in total. The second kappa shape index (κ2) is 5.18. The van der Waals surface area contributed by atoms with E-state index in [0.29, 0.717) is 5.69 Å². The minimum atomic E-state index is -3.75. The molecule has 19 heavy (non-hydrogen) atoms. The maximum Gasteiger partial charge on any atom is 0.265 e. The fourth-order valence-electron chi connectivity index (χ4n) is 1.46. The Kier molecular flexibility index (Phi) is 3.77. The summed E-state index contributed by atoms with van der Waals surface area (Å²) in [5, 5.41) is 3.99. The predicted molar refractivity (Wildman–Crippen MR) is 72.7 cm³/mol. The number of anilines is 1. The molecule has 0 amide bonds. The van der Waals surface area contributed by atoms with Gasteiger partial charge in [-0.25, -0.2) is 13.4 Å². The largest absolute Gasteiger partial charge is 0.276 e. The zero-order chi connectivity index (χ0) is 14.0. The van der Waals surface area contributed by atoms with Crippen LogP contribution in [0.2, 0.25) is 5.15 Å². The Morgan fingerprint density at radius 3 is 2.74 bits per heavy atom. The Balaban J connectivity index is 2.29. The van der Waals surface area contributed by atoms with E-state index in [1.807, 2.05) is 13.8 Å². The minimum Gasteiger partial charge on any atom is -0.276 e. The molecule has 0 fully saturated rings. The van der Waals surface area contributed by atoms with Crippen molar-refractivity contribution < 1.29 is 8.42 Å². The smallest absolute Gasteiger partial charge is 0.265 e. The first-order valence-electron chi connectivity index (χ1n) is 5.57. The van der Waals surface area contributed by atoms with Gasteiger partial charge >= 0.3 is 0 Å². The Bertz CT molecular complexity index is 682. The van der Waals surface area contributed by atoms with E-state index in [9.17, 15) is 8.42 Å². The van der Waals surface area contributed by atoms with Crippen molar-refractivity contribution in [2.45, 2.75) is 24.8 Å². The standard InChI is InChI=1S/C11H13ClN4O2S/c1-8(2)16-7-9(6-14-16)15-19(17,18)10-4-3-5-13-11(10)12/h3-8,15H,1-2H3. The zero-order valence-electron chi connectivity index (χ0n) is 10.4. The lowest BCUT2D eigenvalue weighted by molar-refractivity contribution is 0.532. The maximum atomic E-state index is 12.1.